The van der Waals surface area contributed by atoms with Crippen LogP contribution in [0, 0.1) is 11.6 Å². The first-order valence-corrected chi connectivity index (χ1v) is 11.5. The molecular weight excluding hydrogens is 525 g/mol. The molecule has 3 aromatic heterocycles. The average molecular weight is 545 g/mol. The summed E-state index contributed by atoms with van der Waals surface area (Å²) in [5.74, 6) is -1.79. The molecule has 0 bridgehead atoms. The molecule has 3 heterocycles. The fraction of sp³-hybridized carbons (Fsp3) is 0.200. The molecule has 202 valence electrons. The van der Waals surface area contributed by atoms with Crippen LogP contribution in [0.1, 0.15) is 24.1 Å². The first kappa shape index (κ1) is 26.0. The summed E-state index contributed by atoms with van der Waals surface area (Å²) in [6.07, 6.45) is 3.65. The largest absolute Gasteiger partial charge is 0.416 e. The summed E-state index contributed by atoms with van der Waals surface area (Å²) in [7, 11) is 0. The maximum absolute atomic E-state index is 14.8. The molecule has 0 fully saturated rings. The van der Waals surface area contributed by atoms with Crippen LogP contribution in [0.25, 0.3) is 11.4 Å². The van der Waals surface area contributed by atoms with Gasteiger partial charge in [0.2, 0.25) is 0 Å². The monoisotopic (exact) mass is 545 g/mol. The van der Waals surface area contributed by atoms with Crippen molar-refractivity contribution in [3.63, 3.8) is 0 Å². The quantitative estimate of drug-likeness (QED) is 0.314. The minimum atomic E-state index is -4.51. The van der Waals surface area contributed by atoms with E-state index < -0.39 is 40.7 Å². The van der Waals surface area contributed by atoms with Crippen molar-refractivity contribution in [1.82, 2.24) is 33.7 Å². The second-order valence-corrected chi connectivity index (χ2v) is 8.86. The van der Waals surface area contributed by atoms with Crippen molar-refractivity contribution in [3.8, 4) is 11.4 Å². The fourth-order valence-corrected chi connectivity index (χ4v) is 4.31. The van der Waals surface area contributed by atoms with Crippen LogP contribution < -0.4 is 5.69 Å². The number of rotatable bonds is 7. The fourth-order valence-electron chi connectivity index (χ4n) is 4.31. The van der Waals surface area contributed by atoms with Gasteiger partial charge in [0.05, 0.1) is 35.7 Å². The number of benzene rings is 2. The highest BCUT2D eigenvalue weighted by molar-refractivity contribution is 5.37. The molecule has 0 aliphatic heterocycles. The molecule has 1 N–H and O–H groups in total. The molecular formula is C25H20F5N7O2. The van der Waals surface area contributed by atoms with E-state index in [0.717, 1.165) is 28.8 Å². The summed E-state index contributed by atoms with van der Waals surface area (Å²) in [6, 6.07) is 5.98. The van der Waals surface area contributed by atoms with E-state index >= 15 is 0 Å². The maximum Gasteiger partial charge on any atom is 0.416 e. The number of hydrogen-bond acceptors (Lipinski definition) is 5. The minimum Gasteiger partial charge on any atom is -0.381 e. The molecule has 0 amide bonds. The zero-order valence-electron chi connectivity index (χ0n) is 20.2. The lowest BCUT2D eigenvalue weighted by Gasteiger charge is -2.34. The molecule has 9 nitrogen and oxygen atoms in total. The van der Waals surface area contributed by atoms with Crippen LogP contribution >= 0.6 is 0 Å². The molecule has 0 unspecified atom stereocenters. The smallest absolute Gasteiger partial charge is 0.381 e. The first-order chi connectivity index (χ1) is 18.5. The van der Waals surface area contributed by atoms with Gasteiger partial charge in [0.15, 0.2) is 0 Å². The van der Waals surface area contributed by atoms with Gasteiger partial charge in [0, 0.05) is 30.2 Å². The van der Waals surface area contributed by atoms with Crippen molar-refractivity contribution >= 4 is 0 Å². The van der Waals surface area contributed by atoms with Crippen molar-refractivity contribution in [2.45, 2.75) is 31.3 Å². The van der Waals surface area contributed by atoms with Gasteiger partial charge in [-0.1, -0.05) is 6.07 Å². The molecule has 0 saturated heterocycles. The van der Waals surface area contributed by atoms with Gasteiger partial charge in [0.1, 0.15) is 29.9 Å². The van der Waals surface area contributed by atoms with Gasteiger partial charge in [-0.25, -0.2) is 23.2 Å². The minimum absolute atomic E-state index is 0.199. The number of imidazole rings is 1. The van der Waals surface area contributed by atoms with Crippen LogP contribution in [0.2, 0.25) is 0 Å². The van der Waals surface area contributed by atoms with Gasteiger partial charge in [-0.15, -0.1) is 0 Å². The van der Waals surface area contributed by atoms with Crippen LogP contribution in [0.3, 0.4) is 0 Å². The van der Waals surface area contributed by atoms with Gasteiger partial charge < -0.3 is 5.11 Å². The number of nitrogens with zero attached hydrogens (tertiary/aromatic N) is 7. The molecule has 39 heavy (non-hydrogen) atoms. The first-order valence-electron chi connectivity index (χ1n) is 11.5. The normalized spacial score (nSPS) is 14.3. The Balaban J connectivity index is 1.48. The van der Waals surface area contributed by atoms with E-state index in [2.05, 4.69) is 15.2 Å². The Hall–Kier alpha value is -4.59. The summed E-state index contributed by atoms with van der Waals surface area (Å²) >= 11 is 0. The Kier molecular flexibility index (Phi) is 6.42. The zero-order valence-corrected chi connectivity index (χ0v) is 20.2. The third-order valence-corrected chi connectivity index (χ3v) is 6.47. The van der Waals surface area contributed by atoms with E-state index in [4.69, 9.17) is 0 Å². The van der Waals surface area contributed by atoms with Crippen molar-refractivity contribution < 1.29 is 27.1 Å². The predicted molar refractivity (Wildman–Crippen MR) is 127 cm³/mol. The molecule has 0 aliphatic rings. The van der Waals surface area contributed by atoms with Gasteiger partial charge in [-0.3, -0.25) is 13.8 Å². The van der Waals surface area contributed by atoms with Crippen molar-refractivity contribution in [1.29, 1.82) is 0 Å². The Morgan fingerprint density at radius 2 is 1.67 bits per heavy atom. The topological polar surface area (TPSA) is 95.7 Å². The summed E-state index contributed by atoms with van der Waals surface area (Å²) in [5, 5.41) is 20.0. The number of aliphatic hydroxyl groups is 1. The van der Waals surface area contributed by atoms with E-state index in [1.807, 2.05) is 0 Å². The number of aromatic nitrogens is 7. The number of hydrogen-bond donors (Lipinski definition) is 1. The van der Waals surface area contributed by atoms with Crippen LogP contribution in [0.5, 0.6) is 0 Å². The van der Waals surface area contributed by atoms with Crippen LogP contribution in [0.4, 0.5) is 22.0 Å². The highest BCUT2D eigenvalue weighted by atomic mass is 19.4. The van der Waals surface area contributed by atoms with E-state index in [1.165, 1.54) is 63.5 Å². The molecule has 0 saturated carbocycles. The van der Waals surface area contributed by atoms with Crippen molar-refractivity contribution in [2.24, 2.45) is 0 Å². The summed E-state index contributed by atoms with van der Waals surface area (Å²) in [6.45, 7) is 1.31. The van der Waals surface area contributed by atoms with E-state index in [0.29, 0.717) is 6.07 Å². The van der Waals surface area contributed by atoms with Gasteiger partial charge in [0.25, 0.3) is 0 Å². The summed E-state index contributed by atoms with van der Waals surface area (Å²) in [5.41, 5.74) is -3.10. The van der Waals surface area contributed by atoms with Crippen LogP contribution in [-0.4, -0.2) is 38.8 Å². The van der Waals surface area contributed by atoms with Crippen molar-refractivity contribution in [2.75, 3.05) is 0 Å². The third-order valence-electron chi connectivity index (χ3n) is 6.47. The van der Waals surface area contributed by atoms with E-state index in [1.54, 1.807) is 6.92 Å². The lowest BCUT2D eigenvalue weighted by atomic mass is 9.86. The van der Waals surface area contributed by atoms with Crippen molar-refractivity contribution in [3.05, 3.63) is 113 Å². The zero-order chi connectivity index (χ0) is 27.9. The van der Waals surface area contributed by atoms with Gasteiger partial charge in [-0.05, 0) is 37.3 Å². The average Bonchev–Trinajstić information content (AvgIpc) is 3.64. The summed E-state index contributed by atoms with van der Waals surface area (Å²) in [4.78, 5) is 16.9. The number of halogens is 5. The maximum atomic E-state index is 14.8. The van der Waals surface area contributed by atoms with Gasteiger partial charge in [-0.2, -0.15) is 23.4 Å². The van der Waals surface area contributed by atoms with Crippen LogP contribution in [0.15, 0.2) is 84.7 Å². The molecule has 0 aliphatic carbocycles. The molecule has 0 spiro atoms. The molecule has 14 heteroatoms. The molecule has 5 aromatic rings. The summed E-state index contributed by atoms with van der Waals surface area (Å²) < 4.78 is 72.1. The highest BCUT2D eigenvalue weighted by Gasteiger charge is 2.41. The third kappa shape index (κ3) is 4.85. The van der Waals surface area contributed by atoms with E-state index in [-0.39, 0.29) is 23.5 Å². The Bertz CT molecular complexity index is 1660. The number of alkyl halides is 3. The molecule has 2 atom stereocenters. The molecule has 5 rings (SSSR count). The SMILES string of the molecule is C[C@@H](n1cc(-n2ccn(-c3ccc(C(F)(F)F)cc3)c2=O)cn1)[C@](O)(Cn1cncn1)c1ccc(F)cc1F. The Morgan fingerprint density at radius 1 is 0.974 bits per heavy atom. The second kappa shape index (κ2) is 9.62. The Labute approximate surface area is 217 Å². The Morgan fingerprint density at radius 3 is 2.28 bits per heavy atom. The predicted octanol–water partition coefficient (Wildman–Crippen LogP) is 3.86. The van der Waals surface area contributed by atoms with Crippen LogP contribution in [-0.2, 0) is 18.3 Å². The highest BCUT2D eigenvalue weighted by Crippen LogP contribution is 2.36. The standard InChI is InChI=1S/C25H20F5N7O2/c1-16(24(39,13-34-15-31-14-33-34)21-7-4-18(26)10-22(21)27)37-12-20(11-32-37)36-9-8-35(23(36)38)19-5-2-17(3-6-19)25(28,29)30/h2-12,14-16,39H,13H2,1H3/t16-,24-/m1/s1. The van der Waals surface area contributed by atoms with E-state index in [9.17, 15) is 31.9 Å². The van der Waals surface area contributed by atoms with Gasteiger partial charge >= 0.3 is 11.9 Å². The lowest BCUT2D eigenvalue weighted by Crippen LogP contribution is -2.40. The second-order valence-electron chi connectivity index (χ2n) is 8.86. The molecule has 0 radical (unpaired) electrons. The molecule has 2 aromatic carbocycles. The lowest BCUT2D eigenvalue weighted by molar-refractivity contribution is -0.137.